The average Bonchev–Trinajstić information content (AvgIpc) is 3.22. The lowest BCUT2D eigenvalue weighted by atomic mass is 9.95. The van der Waals surface area contributed by atoms with Crippen LogP contribution < -0.4 is 0 Å². The Bertz CT molecular complexity index is 993. The minimum Gasteiger partial charge on any atom is -0.326 e. The molecule has 0 saturated carbocycles. The summed E-state index contributed by atoms with van der Waals surface area (Å²) in [6.45, 7) is 4.95. The summed E-state index contributed by atoms with van der Waals surface area (Å²) in [5.74, 6) is 0.0157. The molecule has 0 saturated heterocycles. The number of fused-ring (bicyclic) bond motifs is 1. The lowest BCUT2D eigenvalue weighted by molar-refractivity contribution is 0.0740. The highest BCUT2D eigenvalue weighted by Crippen LogP contribution is 2.43. The first-order valence-electron chi connectivity index (χ1n) is 9.82. The number of nitrogens with one attached hydrogen (secondary N) is 1. The van der Waals surface area contributed by atoms with Gasteiger partial charge in [-0.05, 0) is 31.0 Å². The Hall–Kier alpha value is -2.59. The molecular formula is C23H24ClN3O. The molecule has 4 rings (SSSR count). The van der Waals surface area contributed by atoms with E-state index in [-0.39, 0.29) is 11.9 Å². The van der Waals surface area contributed by atoms with Crippen molar-refractivity contribution in [3.05, 3.63) is 75.9 Å². The van der Waals surface area contributed by atoms with Gasteiger partial charge < -0.3 is 4.90 Å². The van der Waals surface area contributed by atoms with Crippen LogP contribution in [0.2, 0.25) is 5.02 Å². The molecule has 28 heavy (non-hydrogen) atoms. The Morgan fingerprint density at radius 1 is 1.14 bits per heavy atom. The van der Waals surface area contributed by atoms with E-state index < -0.39 is 0 Å². The fourth-order valence-electron chi connectivity index (χ4n) is 3.91. The number of aromatic amines is 1. The van der Waals surface area contributed by atoms with Gasteiger partial charge in [-0.3, -0.25) is 9.89 Å². The van der Waals surface area contributed by atoms with Gasteiger partial charge in [-0.2, -0.15) is 5.10 Å². The molecule has 1 amide bonds. The molecule has 0 aliphatic carbocycles. The van der Waals surface area contributed by atoms with Crippen LogP contribution >= 0.6 is 11.6 Å². The quantitative estimate of drug-likeness (QED) is 0.540. The SMILES string of the molecule is CCCCCN1C(=O)c2[nH]nc(-c3ccc(C)cc3)c2C1c1cccc(Cl)c1. The zero-order valence-electron chi connectivity index (χ0n) is 16.2. The first kappa shape index (κ1) is 18.8. The van der Waals surface area contributed by atoms with Gasteiger partial charge in [0, 0.05) is 22.7 Å². The highest BCUT2D eigenvalue weighted by Gasteiger charge is 2.41. The van der Waals surface area contributed by atoms with Crippen molar-refractivity contribution in [2.45, 2.75) is 39.2 Å². The topological polar surface area (TPSA) is 49.0 Å². The van der Waals surface area contributed by atoms with Crippen LogP contribution in [0.25, 0.3) is 11.3 Å². The maximum atomic E-state index is 13.2. The predicted octanol–water partition coefficient (Wildman–Crippen LogP) is 5.77. The van der Waals surface area contributed by atoms with Gasteiger partial charge in [0.05, 0.1) is 11.7 Å². The molecule has 5 heteroatoms. The van der Waals surface area contributed by atoms with E-state index in [9.17, 15) is 4.79 Å². The van der Waals surface area contributed by atoms with Gasteiger partial charge >= 0.3 is 0 Å². The Balaban J connectivity index is 1.82. The number of amides is 1. The summed E-state index contributed by atoms with van der Waals surface area (Å²) in [5, 5.41) is 8.19. The molecule has 0 bridgehead atoms. The molecule has 4 nitrogen and oxygen atoms in total. The van der Waals surface area contributed by atoms with Crippen molar-refractivity contribution < 1.29 is 4.79 Å². The van der Waals surface area contributed by atoms with Crippen molar-refractivity contribution in [2.24, 2.45) is 0 Å². The Kier molecular flexibility index (Phi) is 5.23. The normalized spacial score (nSPS) is 15.9. The van der Waals surface area contributed by atoms with Crippen molar-refractivity contribution in [3.8, 4) is 11.3 Å². The standard InChI is InChI=1S/C23H24ClN3O/c1-3-4-5-13-27-22(17-7-6-8-18(24)14-17)19-20(25-26-21(19)23(27)28)16-11-9-15(2)10-12-16/h6-12,14,22H,3-5,13H2,1-2H3,(H,25,26). The molecule has 2 aromatic carbocycles. The number of aryl methyl sites for hydroxylation is 1. The number of carbonyl (C=O) groups is 1. The van der Waals surface area contributed by atoms with E-state index in [2.05, 4.69) is 48.3 Å². The fourth-order valence-corrected chi connectivity index (χ4v) is 4.11. The maximum Gasteiger partial charge on any atom is 0.273 e. The van der Waals surface area contributed by atoms with Crippen LogP contribution in [0.5, 0.6) is 0 Å². The Morgan fingerprint density at radius 2 is 1.93 bits per heavy atom. The number of H-pyrrole nitrogens is 1. The minimum absolute atomic E-state index is 0.0157. The number of benzene rings is 2. The predicted molar refractivity (Wildman–Crippen MR) is 113 cm³/mol. The summed E-state index contributed by atoms with van der Waals surface area (Å²) in [5.41, 5.74) is 5.61. The number of unbranched alkanes of at least 4 members (excludes halogenated alkanes) is 2. The van der Waals surface area contributed by atoms with Crippen LogP contribution in [-0.2, 0) is 0 Å². The minimum atomic E-state index is -0.173. The third-order valence-corrected chi connectivity index (χ3v) is 5.59. The van der Waals surface area contributed by atoms with Gasteiger partial charge in [-0.25, -0.2) is 0 Å². The van der Waals surface area contributed by atoms with Crippen LogP contribution in [-0.4, -0.2) is 27.5 Å². The molecule has 1 aromatic heterocycles. The highest BCUT2D eigenvalue weighted by atomic mass is 35.5. The largest absolute Gasteiger partial charge is 0.326 e. The summed E-state index contributed by atoms with van der Waals surface area (Å²) in [6.07, 6.45) is 3.20. The second-order valence-corrected chi connectivity index (χ2v) is 7.83. The van der Waals surface area contributed by atoms with Crippen LogP contribution in [0.15, 0.2) is 48.5 Å². The van der Waals surface area contributed by atoms with E-state index in [1.165, 1.54) is 5.56 Å². The monoisotopic (exact) mass is 393 g/mol. The molecule has 0 fully saturated rings. The second-order valence-electron chi connectivity index (χ2n) is 7.39. The van der Waals surface area contributed by atoms with Crippen molar-refractivity contribution >= 4 is 17.5 Å². The Morgan fingerprint density at radius 3 is 2.64 bits per heavy atom. The van der Waals surface area contributed by atoms with Gasteiger partial charge in [0.2, 0.25) is 0 Å². The van der Waals surface area contributed by atoms with Gasteiger partial charge in [-0.1, -0.05) is 73.3 Å². The highest BCUT2D eigenvalue weighted by molar-refractivity contribution is 6.30. The van der Waals surface area contributed by atoms with E-state index in [1.54, 1.807) is 0 Å². The molecule has 1 atom stereocenters. The fraction of sp³-hybridized carbons (Fsp3) is 0.304. The first-order valence-corrected chi connectivity index (χ1v) is 10.2. The molecule has 2 heterocycles. The average molecular weight is 394 g/mol. The number of aromatic nitrogens is 2. The molecule has 0 spiro atoms. The molecular weight excluding hydrogens is 370 g/mol. The molecule has 0 radical (unpaired) electrons. The third-order valence-electron chi connectivity index (χ3n) is 5.36. The summed E-state index contributed by atoms with van der Waals surface area (Å²) in [6, 6.07) is 15.9. The lowest BCUT2D eigenvalue weighted by Crippen LogP contribution is -2.30. The smallest absolute Gasteiger partial charge is 0.273 e. The van der Waals surface area contributed by atoms with Crippen molar-refractivity contribution in [1.82, 2.24) is 15.1 Å². The summed E-state index contributed by atoms with van der Waals surface area (Å²) in [7, 11) is 0. The van der Waals surface area contributed by atoms with Crippen LogP contribution in [0.4, 0.5) is 0 Å². The summed E-state index contributed by atoms with van der Waals surface area (Å²) < 4.78 is 0. The molecule has 1 aliphatic heterocycles. The van der Waals surface area contributed by atoms with E-state index in [0.29, 0.717) is 10.7 Å². The molecule has 1 N–H and O–H groups in total. The molecule has 144 valence electrons. The number of halogens is 1. The van der Waals surface area contributed by atoms with Crippen molar-refractivity contribution in [2.75, 3.05) is 6.54 Å². The van der Waals surface area contributed by atoms with Crippen molar-refractivity contribution in [1.29, 1.82) is 0 Å². The zero-order valence-corrected chi connectivity index (χ0v) is 17.0. The van der Waals surface area contributed by atoms with E-state index in [4.69, 9.17) is 11.6 Å². The second kappa shape index (κ2) is 7.80. The number of hydrogen-bond donors (Lipinski definition) is 1. The van der Waals surface area contributed by atoms with Gasteiger partial charge in [-0.15, -0.1) is 0 Å². The molecule has 1 unspecified atom stereocenters. The molecule has 1 aliphatic rings. The lowest BCUT2D eigenvalue weighted by Gasteiger charge is -2.26. The van der Waals surface area contributed by atoms with E-state index >= 15 is 0 Å². The maximum absolute atomic E-state index is 13.2. The number of nitrogens with zero attached hydrogens (tertiary/aromatic N) is 2. The zero-order chi connectivity index (χ0) is 19.7. The van der Waals surface area contributed by atoms with Crippen LogP contribution in [0, 0.1) is 6.92 Å². The first-order chi connectivity index (χ1) is 13.6. The van der Waals surface area contributed by atoms with Crippen LogP contribution in [0.1, 0.15) is 59.4 Å². The van der Waals surface area contributed by atoms with Crippen LogP contribution in [0.3, 0.4) is 0 Å². The summed E-state index contributed by atoms with van der Waals surface area (Å²) >= 11 is 6.28. The summed E-state index contributed by atoms with van der Waals surface area (Å²) in [4.78, 5) is 15.1. The van der Waals surface area contributed by atoms with E-state index in [0.717, 1.165) is 48.2 Å². The number of carbonyl (C=O) groups excluding carboxylic acids is 1. The van der Waals surface area contributed by atoms with Gasteiger partial charge in [0.15, 0.2) is 0 Å². The number of hydrogen-bond acceptors (Lipinski definition) is 2. The van der Waals surface area contributed by atoms with Gasteiger partial charge in [0.1, 0.15) is 5.69 Å². The van der Waals surface area contributed by atoms with E-state index in [1.807, 2.05) is 29.2 Å². The number of rotatable bonds is 6. The van der Waals surface area contributed by atoms with Crippen molar-refractivity contribution in [3.63, 3.8) is 0 Å². The molecule has 3 aromatic rings. The Labute approximate surface area is 170 Å². The third kappa shape index (κ3) is 3.33. The van der Waals surface area contributed by atoms with Gasteiger partial charge in [0.25, 0.3) is 5.91 Å².